The first kappa shape index (κ1) is 13.8. The number of para-hydroxylation sites is 1. The van der Waals surface area contributed by atoms with Gasteiger partial charge in [-0.1, -0.05) is 23.4 Å². The fourth-order valence-corrected chi connectivity index (χ4v) is 1.91. The van der Waals surface area contributed by atoms with Crippen LogP contribution in [-0.4, -0.2) is 28.5 Å². The zero-order valence-electron chi connectivity index (χ0n) is 10.9. The number of nitrogens with two attached hydrogens (primary N) is 1. The molecule has 0 unspecified atom stereocenters. The van der Waals surface area contributed by atoms with Gasteiger partial charge >= 0.3 is 0 Å². The first-order chi connectivity index (χ1) is 9.72. The predicted octanol–water partition coefficient (Wildman–Crippen LogP) is 1.49. The van der Waals surface area contributed by atoms with E-state index in [0.29, 0.717) is 24.9 Å². The molecule has 0 saturated heterocycles. The number of benzene rings is 1. The molecule has 0 bridgehead atoms. The Morgan fingerprint density at radius 2 is 2.15 bits per heavy atom. The van der Waals surface area contributed by atoms with Gasteiger partial charge in [0.2, 0.25) is 0 Å². The summed E-state index contributed by atoms with van der Waals surface area (Å²) < 4.78 is 0. The Labute approximate surface area is 116 Å². The second-order valence-corrected chi connectivity index (χ2v) is 4.33. The number of amidine groups is 1. The maximum Gasteiger partial charge on any atom is 0.252 e. The number of carbonyl (C=O) groups excluding carboxylic acids is 1. The molecular weight excluding hydrogens is 256 g/mol. The standard InChI is InChI=1S/C14H16N4O2/c15-13(18-20)6-3-8-17-14(19)11-7-9-16-12-5-2-1-4-10(11)12/h1-2,4-5,7,9,20H,3,6,8H2,(H2,15,18)(H,17,19). The highest BCUT2D eigenvalue weighted by Gasteiger charge is 2.09. The van der Waals surface area contributed by atoms with Gasteiger partial charge in [0.15, 0.2) is 0 Å². The van der Waals surface area contributed by atoms with E-state index in [4.69, 9.17) is 10.9 Å². The van der Waals surface area contributed by atoms with Crippen molar-refractivity contribution in [3.8, 4) is 0 Å². The minimum Gasteiger partial charge on any atom is -0.409 e. The summed E-state index contributed by atoms with van der Waals surface area (Å²) in [7, 11) is 0. The molecule has 0 fully saturated rings. The molecule has 104 valence electrons. The zero-order chi connectivity index (χ0) is 14.4. The number of nitrogens with one attached hydrogen (secondary N) is 1. The van der Waals surface area contributed by atoms with Gasteiger partial charge in [-0.3, -0.25) is 9.78 Å². The lowest BCUT2D eigenvalue weighted by Crippen LogP contribution is -2.25. The smallest absolute Gasteiger partial charge is 0.252 e. The summed E-state index contributed by atoms with van der Waals surface area (Å²) in [6.07, 6.45) is 2.67. The summed E-state index contributed by atoms with van der Waals surface area (Å²) in [5.41, 5.74) is 6.74. The first-order valence-electron chi connectivity index (χ1n) is 6.30. The molecular formula is C14H16N4O2. The van der Waals surface area contributed by atoms with Gasteiger partial charge in [0.05, 0.1) is 11.1 Å². The molecule has 1 aromatic carbocycles. The van der Waals surface area contributed by atoms with Crippen LogP contribution in [0.3, 0.4) is 0 Å². The van der Waals surface area contributed by atoms with Gasteiger partial charge in [-0.05, 0) is 18.6 Å². The van der Waals surface area contributed by atoms with Crippen LogP contribution in [0.4, 0.5) is 0 Å². The van der Waals surface area contributed by atoms with E-state index in [0.717, 1.165) is 10.9 Å². The molecule has 0 saturated carbocycles. The molecule has 6 nitrogen and oxygen atoms in total. The number of aromatic nitrogens is 1. The minimum absolute atomic E-state index is 0.150. The topological polar surface area (TPSA) is 101 Å². The number of fused-ring (bicyclic) bond motifs is 1. The van der Waals surface area contributed by atoms with Gasteiger partial charge in [-0.2, -0.15) is 0 Å². The average Bonchev–Trinajstić information content (AvgIpc) is 2.50. The molecule has 0 radical (unpaired) electrons. The van der Waals surface area contributed by atoms with Crippen molar-refractivity contribution in [1.29, 1.82) is 0 Å². The largest absolute Gasteiger partial charge is 0.409 e. The third-order valence-electron chi connectivity index (χ3n) is 2.92. The highest BCUT2D eigenvalue weighted by atomic mass is 16.4. The minimum atomic E-state index is -0.150. The molecule has 0 spiro atoms. The molecule has 4 N–H and O–H groups in total. The van der Waals surface area contributed by atoms with E-state index < -0.39 is 0 Å². The van der Waals surface area contributed by atoms with Gasteiger partial charge in [0.1, 0.15) is 5.84 Å². The van der Waals surface area contributed by atoms with E-state index in [2.05, 4.69) is 15.5 Å². The van der Waals surface area contributed by atoms with Gasteiger partial charge in [-0.15, -0.1) is 0 Å². The van der Waals surface area contributed by atoms with Crippen molar-refractivity contribution in [2.45, 2.75) is 12.8 Å². The molecule has 1 amide bonds. The highest BCUT2D eigenvalue weighted by molar-refractivity contribution is 6.05. The molecule has 1 heterocycles. The van der Waals surface area contributed by atoms with Crippen LogP contribution in [0.2, 0.25) is 0 Å². The summed E-state index contributed by atoms with van der Waals surface area (Å²) in [6, 6.07) is 9.19. The van der Waals surface area contributed by atoms with Crippen LogP contribution in [0.1, 0.15) is 23.2 Å². The Hall–Kier alpha value is -2.63. The Bertz CT molecular complexity index is 635. The van der Waals surface area contributed by atoms with Crippen molar-refractivity contribution >= 4 is 22.6 Å². The number of amides is 1. The van der Waals surface area contributed by atoms with Crippen LogP contribution < -0.4 is 11.1 Å². The fourth-order valence-electron chi connectivity index (χ4n) is 1.91. The highest BCUT2D eigenvalue weighted by Crippen LogP contribution is 2.15. The molecule has 0 atom stereocenters. The van der Waals surface area contributed by atoms with Crippen molar-refractivity contribution in [3.05, 3.63) is 42.1 Å². The SMILES string of the molecule is N/C(CCCNC(=O)c1ccnc2ccccc12)=N/O. The van der Waals surface area contributed by atoms with Crippen LogP contribution in [0.25, 0.3) is 10.9 Å². The maximum atomic E-state index is 12.1. The lowest BCUT2D eigenvalue weighted by atomic mass is 10.1. The van der Waals surface area contributed by atoms with Gasteiger partial charge in [-0.25, -0.2) is 0 Å². The quantitative estimate of drug-likeness (QED) is 0.252. The number of pyridine rings is 1. The lowest BCUT2D eigenvalue weighted by Gasteiger charge is -2.07. The Morgan fingerprint density at radius 1 is 1.35 bits per heavy atom. The Kier molecular flexibility index (Phi) is 4.49. The number of hydrogen-bond acceptors (Lipinski definition) is 4. The van der Waals surface area contributed by atoms with Crippen molar-refractivity contribution in [2.24, 2.45) is 10.9 Å². The lowest BCUT2D eigenvalue weighted by molar-refractivity contribution is 0.0955. The van der Waals surface area contributed by atoms with Crippen LogP contribution in [-0.2, 0) is 0 Å². The molecule has 1 aromatic heterocycles. The number of hydrogen-bond donors (Lipinski definition) is 3. The summed E-state index contributed by atoms with van der Waals surface area (Å²) in [6.45, 7) is 0.464. The molecule has 0 aliphatic carbocycles. The second kappa shape index (κ2) is 6.51. The van der Waals surface area contributed by atoms with E-state index in [1.807, 2.05) is 24.3 Å². The third kappa shape index (κ3) is 3.23. The molecule has 0 aliphatic rings. The van der Waals surface area contributed by atoms with Gasteiger partial charge in [0.25, 0.3) is 5.91 Å². The zero-order valence-corrected chi connectivity index (χ0v) is 10.9. The third-order valence-corrected chi connectivity index (χ3v) is 2.92. The molecule has 20 heavy (non-hydrogen) atoms. The van der Waals surface area contributed by atoms with E-state index in [1.165, 1.54) is 0 Å². The van der Waals surface area contributed by atoms with E-state index in [9.17, 15) is 4.79 Å². The summed E-state index contributed by atoms with van der Waals surface area (Å²) in [5.74, 6) is 0.0109. The van der Waals surface area contributed by atoms with Crippen molar-refractivity contribution in [2.75, 3.05) is 6.54 Å². The van der Waals surface area contributed by atoms with Crippen LogP contribution in [0, 0.1) is 0 Å². The van der Waals surface area contributed by atoms with Gasteiger partial charge < -0.3 is 16.3 Å². The summed E-state index contributed by atoms with van der Waals surface area (Å²) in [4.78, 5) is 16.3. The number of carbonyl (C=O) groups is 1. The van der Waals surface area contributed by atoms with E-state index >= 15 is 0 Å². The van der Waals surface area contributed by atoms with Crippen molar-refractivity contribution in [1.82, 2.24) is 10.3 Å². The first-order valence-corrected chi connectivity index (χ1v) is 6.30. The van der Waals surface area contributed by atoms with Crippen LogP contribution in [0.15, 0.2) is 41.7 Å². The fraction of sp³-hybridized carbons (Fsp3) is 0.214. The molecule has 2 aromatic rings. The van der Waals surface area contributed by atoms with E-state index in [1.54, 1.807) is 12.3 Å². The van der Waals surface area contributed by atoms with Crippen molar-refractivity contribution < 1.29 is 10.0 Å². The second-order valence-electron chi connectivity index (χ2n) is 4.33. The summed E-state index contributed by atoms with van der Waals surface area (Å²) in [5, 5.41) is 14.9. The predicted molar refractivity (Wildman–Crippen MR) is 76.7 cm³/mol. The van der Waals surface area contributed by atoms with Crippen LogP contribution in [0.5, 0.6) is 0 Å². The number of oxime groups is 1. The number of nitrogens with zero attached hydrogens (tertiary/aromatic N) is 2. The number of rotatable bonds is 5. The molecule has 6 heteroatoms. The van der Waals surface area contributed by atoms with Crippen LogP contribution >= 0.6 is 0 Å². The molecule has 0 aliphatic heterocycles. The summed E-state index contributed by atoms with van der Waals surface area (Å²) >= 11 is 0. The van der Waals surface area contributed by atoms with E-state index in [-0.39, 0.29) is 11.7 Å². The Balaban J connectivity index is 2.01. The monoisotopic (exact) mass is 272 g/mol. The maximum absolute atomic E-state index is 12.1. The van der Waals surface area contributed by atoms with Crippen molar-refractivity contribution in [3.63, 3.8) is 0 Å². The van der Waals surface area contributed by atoms with Gasteiger partial charge in [0, 0.05) is 24.5 Å². The average molecular weight is 272 g/mol. The molecule has 2 rings (SSSR count). The Morgan fingerprint density at radius 3 is 2.95 bits per heavy atom. The normalized spacial score (nSPS) is 11.5.